The highest BCUT2D eigenvalue weighted by Crippen LogP contribution is 2.50. The number of amides is 1. The molecule has 4 aromatic heterocycles. The first-order chi connectivity index (χ1) is 22.2. The number of alkyl halides is 1. The summed E-state index contributed by atoms with van der Waals surface area (Å²) >= 11 is 6.97. The lowest BCUT2D eigenvalue weighted by Crippen LogP contribution is -2.21. The van der Waals surface area contributed by atoms with Gasteiger partial charge in [-0.1, -0.05) is 23.7 Å². The summed E-state index contributed by atoms with van der Waals surface area (Å²) in [5, 5.41) is 11.7. The van der Waals surface area contributed by atoms with Gasteiger partial charge in [-0.3, -0.25) is 14.2 Å². The SMILES string of the molecule is CN(C)C(=O)c1ccc(C(F)Cn2cc3c(-c4nc(-c5cc6cn(C)nc6nc5C5CC5)n(C)c4C4CC4)c(Cl)ccc3n2)cc1. The third-order valence-corrected chi connectivity index (χ3v) is 9.46. The first-order valence-electron chi connectivity index (χ1n) is 15.7. The quantitative estimate of drug-likeness (QED) is 0.176. The Hall–Kier alpha value is -4.57. The number of hydrogen-bond donors (Lipinski definition) is 0. The average molecular weight is 637 g/mol. The summed E-state index contributed by atoms with van der Waals surface area (Å²) in [5.41, 5.74) is 7.41. The van der Waals surface area contributed by atoms with Crippen LogP contribution >= 0.6 is 11.6 Å². The molecule has 6 aromatic rings. The van der Waals surface area contributed by atoms with Crippen molar-refractivity contribution in [3.63, 3.8) is 0 Å². The van der Waals surface area contributed by atoms with E-state index < -0.39 is 6.17 Å². The molecule has 0 bridgehead atoms. The molecule has 8 rings (SSSR count). The van der Waals surface area contributed by atoms with Gasteiger partial charge in [0.1, 0.15) is 12.0 Å². The van der Waals surface area contributed by atoms with Gasteiger partial charge in [0.2, 0.25) is 0 Å². The molecule has 9 nitrogen and oxygen atoms in total. The van der Waals surface area contributed by atoms with Gasteiger partial charge in [-0.25, -0.2) is 14.4 Å². The highest BCUT2D eigenvalue weighted by molar-refractivity contribution is 6.35. The molecule has 11 heteroatoms. The lowest BCUT2D eigenvalue weighted by Gasteiger charge is -2.12. The third kappa shape index (κ3) is 4.95. The maximum absolute atomic E-state index is 15.6. The summed E-state index contributed by atoms with van der Waals surface area (Å²) in [6.45, 7) is 0.0250. The van der Waals surface area contributed by atoms with Gasteiger partial charge in [0.25, 0.3) is 5.91 Å². The molecule has 2 aromatic carbocycles. The van der Waals surface area contributed by atoms with E-state index in [0.717, 1.165) is 81.7 Å². The van der Waals surface area contributed by atoms with Crippen molar-refractivity contribution in [2.45, 2.75) is 50.2 Å². The number of imidazole rings is 1. The first kappa shape index (κ1) is 28.9. The molecule has 0 radical (unpaired) electrons. The highest BCUT2D eigenvalue weighted by Gasteiger charge is 2.36. The van der Waals surface area contributed by atoms with Crippen LogP contribution in [0.2, 0.25) is 5.02 Å². The van der Waals surface area contributed by atoms with Crippen molar-refractivity contribution in [3.8, 4) is 22.6 Å². The number of carbonyl (C=O) groups is 1. The Labute approximate surface area is 270 Å². The molecule has 4 heterocycles. The van der Waals surface area contributed by atoms with Gasteiger partial charge in [-0.05, 0) is 61.6 Å². The van der Waals surface area contributed by atoms with Crippen molar-refractivity contribution in [1.29, 1.82) is 0 Å². The van der Waals surface area contributed by atoms with Gasteiger partial charge >= 0.3 is 0 Å². The van der Waals surface area contributed by atoms with E-state index in [1.165, 1.54) is 4.90 Å². The van der Waals surface area contributed by atoms with Gasteiger partial charge in [-0.15, -0.1) is 0 Å². The van der Waals surface area contributed by atoms with Crippen LogP contribution in [0.5, 0.6) is 0 Å². The Balaban J connectivity index is 1.19. The van der Waals surface area contributed by atoms with E-state index >= 15 is 4.39 Å². The summed E-state index contributed by atoms with van der Waals surface area (Å²) in [6, 6.07) is 12.6. The molecule has 0 saturated heterocycles. The van der Waals surface area contributed by atoms with Crippen molar-refractivity contribution in [2.24, 2.45) is 14.1 Å². The second-order valence-corrected chi connectivity index (χ2v) is 13.3. The molecule has 0 spiro atoms. The summed E-state index contributed by atoms with van der Waals surface area (Å²) in [6.07, 6.45) is 6.98. The zero-order chi connectivity index (χ0) is 31.9. The van der Waals surface area contributed by atoms with Gasteiger partial charge in [0.05, 0.1) is 28.5 Å². The number of rotatable bonds is 8. The second-order valence-electron chi connectivity index (χ2n) is 12.9. The number of nitrogens with zero attached hydrogens (tertiary/aromatic N) is 8. The van der Waals surface area contributed by atoms with Crippen LogP contribution in [0.25, 0.3) is 44.6 Å². The Bertz CT molecular complexity index is 2150. The zero-order valence-electron chi connectivity index (χ0n) is 26.2. The number of aryl methyl sites for hydroxylation is 1. The molecule has 2 aliphatic carbocycles. The normalized spacial score (nSPS) is 15.6. The fourth-order valence-electron chi connectivity index (χ4n) is 6.51. The molecule has 234 valence electrons. The van der Waals surface area contributed by atoms with Crippen LogP contribution in [0.1, 0.15) is 71.0 Å². The third-order valence-electron chi connectivity index (χ3n) is 9.14. The minimum atomic E-state index is -1.31. The largest absolute Gasteiger partial charge is 0.345 e. The fourth-order valence-corrected chi connectivity index (χ4v) is 6.76. The van der Waals surface area contributed by atoms with Gasteiger partial charge < -0.3 is 9.47 Å². The molecule has 0 aliphatic heterocycles. The van der Waals surface area contributed by atoms with E-state index in [1.807, 2.05) is 31.6 Å². The van der Waals surface area contributed by atoms with Gasteiger partial charge in [-0.2, -0.15) is 10.2 Å². The van der Waals surface area contributed by atoms with E-state index in [9.17, 15) is 4.79 Å². The standard InChI is InChI=1S/C35H34ClFN8O/c1-42(2)35(46)22-11-5-19(6-12-22)27(37)18-45-17-25-28(40-45)14-13-26(36)29(25)31-32(21-9-10-21)44(4)34(39-31)24-15-23-16-43(3)41-33(23)38-30(24)20-7-8-20/h5-6,11-17,20-21,27H,7-10,18H2,1-4H3. The van der Waals surface area contributed by atoms with E-state index in [-0.39, 0.29) is 12.5 Å². The predicted octanol–water partition coefficient (Wildman–Crippen LogP) is 7.21. The smallest absolute Gasteiger partial charge is 0.253 e. The van der Waals surface area contributed by atoms with E-state index in [4.69, 9.17) is 26.7 Å². The fraction of sp³-hybridized carbons (Fsp3) is 0.343. The monoisotopic (exact) mass is 636 g/mol. The summed E-state index contributed by atoms with van der Waals surface area (Å²) in [4.78, 5) is 24.1. The number of carbonyl (C=O) groups excluding carboxylic acids is 1. The Morgan fingerprint density at radius 2 is 1.74 bits per heavy atom. The number of halogens is 2. The summed E-state index contributed by atoms with van der Waals surface area (Å²) < 4.78 is 21.2. The number of aromatic nitrogens is 7. The molecule has 1 amide bonds. The molecular weight excluding hydrogens is 603 g/mol. The second kappa shape index (κ2) is 10.8. The van der Waals surface area contributed by atoms with Gasteiger partial charge in [0, 0.05) is 85.6 Å². The Kier molecular flexibility index (Phi) is 6.75. The molecule has 2 aliphatic rings. The van der Waals surface area contributed by atoms with Crippen molar-refractivity contribution in [1.82, 2.24) is 39.0 Å². The minimum Gasteiger partial charge on any atom is -0.345 e. The van der Waals surface area contributed by atoms with E-state index in [1.54, 1.807) is 47.7 Å². The van der Waals surface area contributed by atoms with Crippen LogP contribution in [0, 0.1) is 0 Å². The van der Waals surface area contributed by atoms with Crippen molar-refractivity contribution in [2.75, 3.05) is 14.1 Å². The molecule has 2 saturated carbocycles. The maximum Gasteiger partial charge on any atom is 0.253 e. The lowest BCUT2D eigenvalue weighted by atomic mass is 10.0. The lowest BCUT2D eigenvalue weighted by molar-refractivity contribution is 0.0827. The Morgan fingerprint density at radius 3 is 2.43 bits per heavy atom. The van der Waals surface area contributed by atoms with Crippen LogP contribution in [-0.4, -0.2) is 59.0 Å². The number of benzene rings is 2. The highest BCUT2D eigenvalue weighted by atomic mass is 35.5. The number of pyridine rings is 1. The number of hydrogen-bond acceptors (Lipinski definition) is 5. The van der Waals surface area contributed by atoms with Crippen molar-refractivity contribution >= 4 is 39.4 Å². The van der Waals surface area contributed by atoms with Crippen LogP contribution in [-0.2, 0) is 20.6 Å². The van der Waals surface area contributed by atoms with Crippen LogP contribution in [0.15, 0.2) is 54.9 Å². The van der Waals surface area contributed by atoms with Gasteiger partial charge in [0.15, 0.2) is 5.65 Å². The first-order valence-corrected chi connectivity index (χ1v) is 16.1. The maximum atomic E-state index is 15.6. The molecular formula is C35H34ClFN8O. The average Bonchev–Trinajstić information content (AvgIpc) is 3.95. The number of fused-ring (bicyclic) bond motifs is 2. The van der Waals surface area contributed by atoms with E-state index in [2.05, 4.69) is 22.8 Å². The Morgan fingerprint density at radius 1 is 1.00 bits per heavy atom. The van der Waals surface area contributed by atoms with Crippen LogP contribution in [0.3, 0.4) is 0 Å². The molecule has 0 N–H and O–H groups in total. The van der Waals surface area contributed by atoms with Crippen molar-refractivity contribution < 1.29 is 9.18 Å². The molecule has 1 unspecified atom stereocenters. The van der Waals surface area contributed by atoms with E-state index in [0.29, 0.717) is 28.0 Å². The zero-order valence-corrected chi connectivity index (χ0v) is 27.0. The predicted molar refractivity (Wildman–Crippen MR) is 177 cm³/mol. The van der Waals surface area contributed by atoms with Crippen molar-refractivity contribution in [3.05, 3.63) is 82.4 Å². The summed E-state index contributed by atoms with van der Waals surface area (Å²) in [7, 11) is 7.40. The topological polar surface area (TPSA) is 86.7 Å². The summed E-state index contributed by atoms with van der Waals surface area (Å²) in [5.74, 6) is 1.55. The van der Waals surface area contributed by atoms with Crippen LogP contribution < -0.4 is 0 Å². The molecule has 1 atom stereocenters. The molecule has 2 fully saturated rings. The molecule has 46 heavy (non-hydrogen) atoms. The minimum absolute atomic E-state index is 0.0250. The van der Waals surface area contributed by atoms with Crippen LogP contribution in [0.4, 0.5) is 4.39 Å².